The Kier molecular flexibility index (Phi) is 4.81. The summed E-state index contributed by atoms with van der Waals surface area (Å²) in [5, 5.41) is 10.5. The Morgan fingerprint density at radius 3 is 2.84 bits per heavy atom. The van der Waals surface area contributed by atoms with Crippen LogP contribution in [0.25, 0.3) is 10.9 Å². The molecule has 3 rings (SSSR count). The fraction of sp³-hybridized carbons (Fsp3) is 0.263. The number of hydrogen-bond acceptors (Lipinski definition) is 4. The Hall–Kier alpha value is -2.73. The summed E-state index contributed by atoms with van der Waals surface area (Å²) in [4.78, 5) is 16.5. The van der Waals surface area contributed by atoms with Crippen LogP contribution >= 0.6 is 0 Å². The summed E-state index contributed by atoms with van der Waals surface area (Å²) >= 11 is 0. The van der Waals surface area contributed by atoms with Gasteiger partial charge in [0.25, 0.3) is 5.56 Å². The van der Waals surface area contributed by atoms with Gasteiger partial charge < -0.3 is 9.84 Å². The lowest BCUT2D eigenvalue weighted by Crippen LogP contribution is -2.30. The van der Waals surface area contributed by atoms with Crippen LogP contribution in [0.2, 0.25) is 0 Å². The highest BCUT2D eigenvalue weighted by Gasteiger charge is 2.11. The molecule has 0 unspecified atom stereocenters. The fourth-order valence-corrected chi connectivity index (χ4v) is 2.59. The number of fused-ring (bicyclic) bond motifs is 1. The Balaban J connectivity index is 1.72. The lowest BCUT2D eigenvalue weighted by atomic mass is 10.1. The minimum absolute atomic E-state index is 0.0456. The molecule has 130 valence electrons. The third-order valence-corrected chi connectivity index (χ3v) is 3.97. The number of aromatic nitrogens is 2. The van der Waals surface area contributed by atoms with E-state index in [9.17, 15) is 14.3 Å². The maximum Gasteiger partial charge on any atom is 0.261 e. The van der Waals surface area contributed by atoms with Gasteiger partial charge in [-0.3, -0.25) is 9.36 Å². The summed E-state index contributed by atoms with van der Waals surface area (Å²) in [6, 6.07) is 9.67. The van der Waals surface area contributed by atoms with Crippen LogP contribution in [-0.2, 0) is 6.54 Å². The van der Waals surface area contributed by atoms with E-state index >= 15 is 0 Å². The van der Waals surface area contributed by atoms with Crippen molar-refractivity contribution in [2.75, 3.05) is 6.61 Å². The quantitative estimate of drug-likeness (QED) is 0.774. The van der Waals surface area contributed by atoms with Crippen LogP contribution in [0, 0.1) is 19.7 Å². The zero-order valence-corrected chi connectivity index (χ0v) is 14.1. The molecule has 6 heteroatoms. The van der Waals surface area contributed by atoms with Gasteiger partial charge in [-0.05, 0) is 43.2 Å². The van der Waals surface area contributed by atoms with Crippen molar-refractivity contribution in [1.29, 1.82) is 0 Å². The van der Waals surface area contributed by atoms with E-state index in [1.54, 1.807) is 0 Å². The Bertz CT molecular complexity index is 969. The van der Waals surface area contributed by atoms with Crippen LogP contribution in [0.15, 0.2) is 47.5 Å². The molecule has 0 aliphatic carbocycles. The zero-order chi connectivity index (χ0) is 18.0. The fourth-order valence-electron chi connectivity index (χ4n) is 2.59. The second-order valence-electron chi connectivity index (χ2n) is 6.10. The lowest BCUT2D eigenvalue weighted by molar-refractivity contribution is 0.0911. The summed E-state index contributed by atoms with van der Waals surface area (Å²) < 4.78 is 20.2. The first-order valence-corrected chi connectivity index (χ1v) is 7.97. The first-order valence-electron chi connectivity index (χ1n) is 7.97. The molecule has 0 aliphatic heterocycles. The predicted octanol–water partition coefficient (Wildman–Crippen LogP) is 2.59. The van der Waals surface area contributed by atoms with Gasteiger partial charge >= 0.3 is 0 Å². The van der Waals surface area contributed by atoms with Gasteiger partial charge in [-0.1, -0.05) is 12.1 Å². The number of nitrogens with zero attached hydrogens (tertiary/aromatic N) is 2. The number of aliphatic hydroxyl groups excluding tert-OH is 1. The number of rotatable bonds is 5. The molecule has 2 aromatic carbocycles. The molecule has 1 aromatic heterocycles. The van der Waals surface area contributed by atoms with Gasteiger partial charge in [0.15, 0.2) is 0 Å². The van der Waals surface area contributed by atoms with Crippen molar-refractivity contribution >= 4 is 10.9 Å². The van der Waals surface area contributed by atoms with Crippen molar-refractivity contribution in [1.82, 2.24) is 9.55 Å². The van der Waals surface area contributed by atoms with Gasteiger partial charge in [0.2, 0.25) is 0 Å². The van der Waals surface area contributed by atoms with Crippen LogP contribution in [0.5, 0.6) is 5.75 Å². The Labute approximate surface area is 144 Å². The average Bonchev–Trinajstić information content (AvgIpc) is 2.58. The highest BCUT2D eigenvalue weighted by molar-refractivity contribution is 5.77. The van der Waals surface area contributed by atoms with E-state index in [4.69, 9.17) is 4.74 Å². The minimum atomic E-state index is -0.877. The lowest BCUT2D eigenvalue weighted by Gasteiger charge is -2.15. The number of aryl methyl sites for hydroxylation is 2. The van der Waals surface area contributed by atoms with Crippen molar-refractivity contribution in [3.8, 4) is 5.75 Å². The number of halogens is 1. The van der Waals surface area contributed by atoms with E-state index < -0.39 is 11.9 Å². The number of aliphatic hydroxyl groups is 1. The highest BCUT2D eigenvalue weighted by atomic mass is 19.1. The molecule has 0 spiro atoms. The van der Waals surface area contributed by atoms with Gasteiger partial charge in [-0.2, -0.15) is 0 Å². The van der Waals surface area contributed by atoms with Gasteiger partial charge in [-0.25, -0.2) is 9.37 Å². The van der Waals surface area contributed by atoms with Crippen molar-refractivity contribution in [2.24, 2.45) is 0 Å². The monoisotopic (exact) mass is 342 g/mol. The van der Waals surface area contributed by atoms with Crippen molar-refractivity contribution < 1.29 is 14.2 Å². The molecular formula is C19H19FN2O3. The molecule has 1 atom stereocenters. The molecule has 25 heavy (non-hydrogen) atoms. The van der Waals surface area contributed by atoms with Gasteiger partial charge in [0, 0.05) is 6.07 Å². The Morgan fingerprint density at radius 1 is 1.24 bits per heavy atom. The maximum absolute atomic E-state index is 13.2. The van der Waals surface area contributed by atoms with Crippen LogP contribution in [-0.4, -0.2) is 27.4 Å². The zero-order valence-electron chi connectivity index (χ0n) is 14.1. The SMILES string of the molecule is Cc1ccc(C)c(OC[C@H](O)Cn2cnc3cc(F)ccc3c2=O)c1. The second-order valence-corrected chi connectivity index (χ2v) is 6.10. The third-order valence-electron chi connectivity index (χ3n) is 3.97. The molecule has 1 N–H and O–H groups in total. The molecule has 3 aromatic rings. The van der Waals surface area contributed by atoms with Gasteiger partial charge in [0.05, 0.1) is 23.8 Å². The molecule has 0 bridgehead atoms. The van der Waals surface area contributed by atoms with Crippen molar-refractivity contribution in [3.63, 3.8) is 0 Å². The standard InChI is InChI=1S/C19H19FN2O3/c1-12-3-4-13(2)18(7-12)25-10-15(23)9-22-11-21-17-8-14(20)5-6-16(17)19(22)24/h3-8,11,15,23H,9-10H2,1-2H3/t15-/m1/s1. The van der Waals surface area contributed by atoms with E-state index in [-0.39, 0.29) is 18.7 Å². The van der Waals surface area contributed by atoms with Crippen LogP contribution in [0.4, 0.5) is 4.39 Å². The normalized spacial score (nSPS) is 12.3. The molecule has 0 fully saturated rings. The van der Waals surface area contributed by atoms with E-state index in [1.807, 2.05) is 32.0 Å². The summed E-state index contributed by atoms with van der Waals surface area (Å²) in [5.74, 6) is 0.262. The molecule has 0 radical (unpaired) electrons. The van der Waals surface area contributed by atoms with Crippen molar-refractivity contribution in [2.45, 2.75) is 26.5 Å². The maximum atomic E-state index is 13.2. The first kappa shape index (κ1) is 17.1. The third kappa shape index (κ3) is 3.85. The average molecular weight is 342 g/mol. The number of ether oxygens (including phenoxy) is 1. The number of hydrogen-bond donors (Lipinski definition) is 1. The van der Waals surface area contributed by atoms with E-state index in [1.165, 1.54) is 29.1 Å². The molecular weight excluding hydrogens is 323 g/mol. The summed E-state index contributed by atoms with van der Waals surface area (Å²) in [6.07, 6.45) is 0.433. The van der Waals surface area contributed by atoms with Crippen molar-refractivity contribution in [3.05, 3.63) is 70.0 Å². The summed E-state index contributed by atoms with van der Waals surface area (Å²) in [7, 11) is 0. The number of benzene rings is 2. The predicted molar refractivity (Wildman–Crippen MR) is 93.4 cm³/mol. The molecule has 1 heterocycles. The molecule has 0 saturated heterocycles. The molecule has 0 aliphatic rings. The second kappa shape index (κ2) is 7.03. The molecule has 5 nitrogen and oxygen atoms in total. The van der Waals surface area contributed by atoms with Crippen LogP contribution in [0.3, 0.4) is 0 Å². The van der Waals surface area contributed by atoms with Gasteiger partial charge in [-0.15, -0.1) is 0 Å². The van der Waals surface area contributed by atoms with E-state index in [0.717, 1.165) is 11.1 Å². The highest BCUT2D eigenvalue weighted by Crippen LogP contribution is 2.19. The largest absolute Gasteiger partial charge is 0.491 e. The summed E-state index contributed by atoms with van der Waals surface area (Å²) in [6.45, 7) is 3.99. The smallest absolute Gasteiger partial charge is 0.261 e. The first-order chi connectivity index (χ1) is 11.9. The van der Waals surface area contributed by atoms with E-state index in [2.05, 4.69) is 4.98 Å². The van der Waals surface area contributed by atoms with Crippen LogP contribution in [0.1, 0.15) is 11.1 Å². The summed E-state index contributed by atoms with van der Waals surface area (Å²) in [5.41, 5.74) is 2.01. The Morgan fingerprint density at radius 2 is 2.04 bits per heavy atom. The topological polar surface area (TPSA) is 64.3 Å². The van der Waals surface area contributed by atoms with E-state index in [0.29, 0.717) is 16.7 Å². The molecule has 0 amide bonds. The van der Waals surface area contributed by atoms with Gasteiger partial charge in [0.1, 0.15) is 24.3 Å². The van der Waals surface area contributed by atoms with Crippen LogP contribution < -0.4 is 10.3 Å². The molecule has 0 saturated carbocycles. The minimum Gasteiger partial charge on any atom is -0.491 e.